The highest BCUT2D eigenvalue weighted by Gasteiger charge is 2.11. The largest absolute Gasteiger partial charge is 0.478 e. The van der Waals surface area contributed by atoms with Gasteiger partial charge in [-0.25, -0.2) is 13.2 Å². The van der Waals surface area contributed by atoms with Crippen LogP contribution in [0.3, 0.4) is 0 Å². The molecule has 94 valence electrons. The average Bonchev–Trinajstić information content (AvgIpc) is 2.25. The molecule has 0 aromatic heterocycles. The fraction of sp³-hybridized carbons (Fsp3) is 0.300. The minimum atomic E-state index is -3.16. The van der Waals surface area contributed by atoms with Gasteiger partial charge in [0.15, 0.2) is 0 Å². The van der Waals surface area contributed by atoms with Crippen LogP contribution in [-0.4, -0.2) is 41.5 Å². The summed E-state index contributed by atoms with van der Waals surface area (Å²) in [5.41, 5.74) is 0.0372. The van der Waals surface area contributed by atoms with E-state index in [9.17, 15) is 17.4 Å². The number of carboxylic acids is 1. The highest BCUT2D eigenvalue weighted by Crippen LogP contribution is 2.10. The van der Waals surface area contributed by atoms with Crippen molar-refractivity contribution >= 4 is 26.6 Å². The number of carbonyl (C=O) groups is 1. The predicted octanol–water partition coefficient (Wildman–Crippen LogP) is 0.537. The van der Waals surface area contributed by atoms with Crippen molar-refractivity contribution in [1.82, 2.24) is 0 Å². The Labute approximate surface area is 102 Å². The van der Waals surface area contributed by atoms with Gasteiger partial charge in [-0.1, -0.05) is 6.07 Å². The van der Waals surface area contributed by atoms with E-state index in [-0.39, 0.29) is 17.1 Å². The standard InChI is InChI=1S/C10H12O5S2/c1-17(14,15)6-5-16(13)9-4-2-3-8(7-9)10(11)12/h2-4,7H,5-6H2,1H3,(H,11,12). The molecular formula is C10H12O5S2. The molecule has 1 atom stereocenters. The molecule has 0 aliphatic heterocycles. The first-order valence-electron chi connectivity index (χ1n) is 4.69. The molecule has 0 radical (unpaired) electrons. The van der Waals surface area contributed by atoms with Crippen molar-refractivity contribution in [2.24, 2.45) is 0 Å². The van der Waals surface area contributed by atoms with Gasteiger partial charge in [0, 0.05) is 16.9 Å². The SMILES string of the molecule is CS(=O)(=O)CCS(=O)c1cccc(C(=O)O)c1. The van der Waals surface area contributed by atoms with Gasteiger partial charge in [-0.2, -0.15) is 0 Å². The van der Waals surface area contributed by atoms with E-state index in [1.807, 2.05) is 0 Å². The maximum Gasteiger partial charge on any atom is 0.335 e. The first-order valence-corrected chi connectivity index (χ1v) is 8.07. The quantitative estimate of drug-likeness (QED) is 0.847. The molecule has 1 aromatic rings. The van der Waals surface area contributed by atoms with Gasteiger partial charge in [-0.15, -0.1) is 0 Å². The summed E-state index contributed by atoms with van der Waals surface area (Å²) in [5.74, 6) is -1.31. The van der Waals surface area contributed by atoms with Gasteiger partial charge in [-0.3, -0.25) is 4.21 Å². The van der Waals surface area contributed by atoms with Crippen LogP contribution in [0.1, 0.15) is 10.4 Å². The van der Waals surface area contributed by atoms with Crippen LogP contribution in [0.4, 0.5) is 0 Å². The minimum Gasteiger partial charge on any atom is -0.478 e. The zero-order chi connectivity index (χ0) is 13.1. The van der Waals surface area contributed by atoms with Crippen LogP contribution < -0.4 is 0 Å². The highest BCUT2D eigenvalue weighted by atomic mass is 32.2. The summed E-state index contributed by atoms with van der Waals surface area (Å²) in [4.78, 5) is 11.0. The predicted molar refractivity (Wildman–Crippen MR) is 64.4 cm³/mol. The number of aromatic carboxylic acids is 1. The van der Waals surface area contributed by atoms with Gasteiger partial charge in [0.2, 0.25) is 0 Å². The molecule has 0 saturated carbocycles. The molecule has 1 aromatic carbocycles. The molecule has 0 amide bonds. The molecule has 0 spiro atoms. The summed E-state index contributed by atoms with van der Waals surface area (Å²) in [5, 5.41) is 8.76. The minimum absolute atomic E-state index is 0.0259. The normalized spacial score (nSPS) is 13.2. The van der Waals surface area contributed by atoms with E-state index >= 15 is 0 Å². The fourth-order valence-electron chi connectivity index (χ4n) is 1.12. The van der Waals surface area contributed by atoms with E-state index in [2.05, 4.69) is 0 Å². The third-order valence-electron chi connectivity index (χ3n) is 1.98. The van der Waals surface area contributed by atoms with E-state index in [1.54, 1.807) is 0 Å². The molecule has 0 saturated heterocycles. The lowest BCUT2D eigenvalue weighted by molar-refractivity contribution is 0.0696. The molecule has 0 heterocycles. The Morgan fingerprint density at radius 2 is 2.06 bits per heavy atom. The summed E-state index contributed by atoms with van der Waals surface area (Å²) in [6.45, 7) is 0. The van der Waals surface area contributed by atoms with Crippen molar-refractivity contribution in [3.8, 4) is 0 Å². The Balaban J connectivity index is 2.83. The molecule has 0 aliphatic rings. The molecule has 1 rings (SSSR count). The van der Waals surface area contributed by atoms with Crippen LogP contribution in [0, 0.1) is 0 Å². The first-order chi connectivity index (χ1) is 7.79. The number of carboxylic acid groups (broad SMARTS) is 1. The second-order valence-corrected chi connectivity index (χ2v) is 7.34. The van der Waals surface area contributed by atoms with Crippen LogP contribution in [0.2, 0.25) is 0 Å². The van der Waals surface area contributed by atoms with Gasteiger partial charge >= 0.3 is 5.97 Å². The van der Waals surface area contributed by atoms with Gasteiger partial charge in [-0.05, 0) is 18.2 Å². The zero-order valence-electron chi connectivity index (χ0n) is 9.12. The zero-order valence-corrected chi connectivity index (χ0v) is 10.8. The van der Waals surface area contributed by atoms with E-state index < -0.39 is 26.6 Å². The fourth-order valence-corrected chi connectivity index (χ4v) is 3.66. The van der Waals surface area contributed by atoms with Gasteiger partial charge in [0.25, 0.3) is 0 Å². The second kappa shape index (κ2) is 5.42. The Morgan fingerprint density at radius 1 is 1.41 bits per heavy atom. The van der Waals surface area contributed by atoms with Crippen molar-refractivity contribution in [1.29, 1.82) is 0 Å². The molecule has 5 nitrogen and oxygen atoms in total. The summed E-state index contributed by atoms with van der Waals surface area (Å²) in [7, 11) is -4.66. The lowest BCUT2D eigenvalue weighted by Gasteiger charge is -2.02. The van der Waals surface area contributed by atoms with E-state index in [4.69, 9.17) is 5.11 Å². The Hall–Kier alpha value is -1.21. The molecule has 1 N–H and O–H groups in total. The summed E-state index contributed by atoms with van der Waals surface area (Å²) < 4.78 is 33.5. The molecular weight excluding hydrogens is 264 g/mol. The van der Waals surface area contributed by atoms with Gasteiger partial charge < -0.3 is 5.11 Å². The van der Waals surface area contributed by atoms with Crippen LogP contribution in [-0.2, 0) is 20.6 Å². The number of rotatable bonds is 5. The number of hydrogen-bond donors (Lipinski definition) is 1. The van der Waals surface area contributed by atoms with Crippen molar-refractivity contribution in [2.75, 3.05) is 17.8 Å². The lowest BCUT2D eigenvalue weighted by Crippen LogP contribution is -2.12. The summed E-state index contributed by atoms with van der Waals surface area (Å²) in [6, 6.07) is 5.68. The maximum absolute atomic E-state index is 11.7. The molecule has 17 heavy (non-hydrogen) atoms. The number of sulfone groups is 1. The van der Waals surface area contributed by atoms with Crippen molar-refractivity contribution in [3.63, 3.8) is 0 Å². The number of hydrogen-bond acceptors (Lipinski definition) is 4. The smallest absolute Gasteiger partial charge is 0.335 e. The van der Waals surface area contributed by atoms with Crippen LogP contribution in [0.15, 0.2) is 29.2 Å². The van der Waals surface area contributed by atoms with E-state index in [0.717, 1.165) is 6.26 Å². The maximum atomic E-state index is 11.7. The summed E-state index contributed by atoms with van der Waals surface area (Å²) >= 11 is 0. The van der Waals surface area contributed by atoms with E-state index in [0.29, 0.717) is 4.90 Å². The van der Waals surface area contributed by atoms with Crippen molar-refractivity contribution in [2.45, 2.75) is 4.90 Å². The molecule has 0 bridgehead atoms. The van der Waals surface area contributed by atoms with E-state index in [1.165, 1.54) is 24.3 Å². The third-order valence-corrected chi connectivity index (χ3v) is 4.54. The molecule has 0 aliphatic carbocycles. The highest BCUT2D eigenvalue weighted by molar-refractivity contribution is 7.92. The Bertz CT molecular complexity index is 548. The monoisotopic (exact) mass is 276 g/mol. The molecule has 1 unspecified atom stereocenters. The lowest BCUT2D eigenvalue weighted by atomic mass is 10.2. The summed E-state index contributed by atoms with van der Waals surface area (Å²) in [6.07, 6.45) is 1.07. The topological polar surface area (TPSA) is 88.5 Å². The first kappa shape index (κ1) is 13.9. The Morgan fingerprint density at radius 3 is 2.59 bits per heavy atom. The molecule has 7 heteroatoms. The van der Waals surface area contributed by atoms with Crippen molar-refractivity contribution in [3.05, 3.63) is 29.8 Å². The third kappa shape index (κ3) is 4.66. The molecule has 0 fully saturated rings. The van der Waals surface area contributed by atoms with Crippen molar-refractivity contribution < 1.29 is 22.5 Å². The Kier molecular flexibility index (Phi) is 4.41. The second-order valence-electron chi connectivity index (χ2n) is 3.51. The van der Waals surface area contributed by atoms with Gasteiger partial charge in [0.05, 0.1) is 22.1 Å². The van der Waals surface area contributed by atoms with Crippen LogP contribution >= 0.6 is 0 Å². The van der Waals surface area contributed by atoms with Crippen LogP contribution in [0.25, 0.3) is 0 Å². The van der Waals surface area contributed by atoms with Gasteiger partial charge in [0.1, 0.15) is 9.84 Å². The average molecular weight is 276 g/mol. The number of benzene rings is 1. The van der Waals surface area contributed by atoms with Crippen LogP contribution in [0.5, 0.6) is 0 Å².